The number of aromatic nitrogens is 2. The third kappa shape index (κ3) is 3.90. The van der Waals surface area contributed by atoms with Crippen LogP contribution in [0, 0.1) is 0 Å². The summed E-state index contributed by atoms with van der Waals surface area (Å²) in [5.41, 5.74) is 6.99. The van der Waals surface area contributed by atoms with Gasteiger partial charge in [-0.25, -0.2) is 4.98 Å². The number of halogens is 2. The predicted molar refractivity (Wildman–Crippen MR) is 120 cm³/mol. The summed E-state index contributed by atoms with van der Waals surface area (Å²) in [6.07, 6.45) is 4.19. The molecule has 2 aliphatic rings. The van der Waals surface area contributed by atoms with Gasteiger partial charge in [0.1, 0.15) is 11.7 Å². The number of carbonyl (C=O) groups is 1. The van der Waals surface area contributed by atoms with Crippen LogP contribution in [0.1, 0.15) is 25.7 Å². The number of carbonyl (C=O) groups excluding carboxylic acids is 1. The van der Waals surface area contributed by atoms with Crippen LogP contribution >= 0.6 is 24.0 Å². The first-order valence-electron chi connectivity index (χ1n) is 9.88. The lowest BCUT2D eigenvalue weighted by atomic mass is 9.86. The maximum Gasteiger partial charge on any atom is 0.237 e. The minimum Gasteiger partial charge on any atom is -0.493 e. The van der Waals surface area contributed by atoms with Crippen LogP contribution in [0.25, 0.3) is 10.9 Å². The van der Waals surface area contributed by atoms with Gasteiger partial charge in [0.15, 0.2) is 11.5 Å². The number of fused-ring (bicyclic) bond motifs is 2. The number of nitrogens with zero attached hydrogens (tertiary/aromatic N) is 4. The SMILES string of the molecule is COc1cc2nc(N3CCN(C(=O)CCl)C4CCCCC43)nc(N)c2cc1OC.Cl. The molecule has 10 heteroatoms. The molecule has 0 bridgehead atoms. The highest BCUT2D eigenvalue weighted by atomic mass is 35.5. The molecule has 1 saturated heterocycles. The van der Waals surface area contributed by atoms with E-state index < -0.39 is 0 Å². The van der Waals surface area contributed by atoms with Crippen molar-refractivity contribution in [3.63, 3.8) is 0 Å². The molecule has 1 aromatic heterocycles. The van der Waals surface area contributed by atoms with Gasteiger partial charge >= 0.3 is 0 Å². The van der Waals surface area contributed by atoms with Crippen molar-refractivity contribution in [1.29, 1.82) is 0 Å². The molecule has 1 aromatic carbocycles. The van der Waals surface area contributed by atoms with Crippen LogP contribution in [-0.4, -0.2) is 66.0 Å². The molecule has 2 unspecified atom stereocenters. The van der Waals surface area contributed by atoms with E-state index in [1.165, 1.54) is 0 Å². The molecule has 1 aliphatic carbocycles. The Balaban J connectivity index is 0.00000256. The Morgan fingerprint density at radius 2 is 1.80 bits per heavy atom. The largest absolute Gasteiger partial charge is 0.493 e. The normalized spacial score (nSPS) is 21.0. The Morgan fingerprint density at radius 1 is 1.13 bits per heavy atom. The number of ether oxygens (including phenoxy) is 2. The highest BCUT2D eigenvalue weighted by Gasteiger charge is 2.41. The van der Waals surface area contributed by atoms with Gasteiger partial charge in [-0.1, -0.05) is 12.8 Å². The molecule has 2 heterocycles. The van der Waals surface area contributed by atoms with Crippen LogP contribution in [0.15, 0.2) is 12.1 Å². The molecule has 2 atom stereocenters. The van der Waals surface area contributed by atoms with Crippen molar-refractivity contribution in [2.24, 2.45) is 0 Å². The summed E-state index contributed by atoms with van der Waals surface area (Å²) in [6, 6.07) is 3.92. The second-order valence-electron chi connectivity index (χ2n) is 7.47. The van der Waals surface area contributed by atoms with Gasteiger partial charge in [0.25, 0.3) is 0 Å². The van der Waals surface area contributed by atoms with Crippen molar-refractivity contribution in [2.45, 2.75) is 37.8 Å². The first-order valence-corrected chi connectivity index (χ1v) is 10.4. The second kappa shape index (κ2) is 9.31. The van der Waals surface area contributed by atoms with Gasteiger partial charge in [-0.05, 0) is 18.9 Å². The lowest BCUT2D eigenvalue weighted by molar-refractivity contribution is -0.132. The van der Waals surface area contributed by atoms with E-state index >= 15 is 0 Å². The third-order valence-corrected chi connectivity index (χ3v) is 6.22. The van der Waals surface area contributed by atoms with Gasteiger partial charge in [0, 0.05) is 24.5 Å². The number of hydrogen-bond donors (Lipinski definition) is 1. The maximum absolute atomic E-state index is 12.3. The zero-order chi connectivity index (χ0) is 20.5. The summed E-state index contributed by atoms with van der Waals surface area (Å²) in [4.78, 5) is 25.9. The number of rotatable bonds is 4. The van der Waals surface area contributed by atoms with E-state index in [0.29, 0.717) is 41.9 Å². The lowest BCUT2D eigenvalue weighted by Gasteiger charge is -2.49. The van der Waals surface area contributed by atoms with E-state index in [0.717, 1.165) is 31.1 Å². The van der Waals surface area contributed by atoms with Crippen LogP contribution in [0.2, 0.25) is 0 Å². The molecule has 2 N–H and O–H groups in total. The van der Waals surface area contributed by atoms with Gasteiger partial charge in [-0.15, -0.1) is 24.0 Å². The van der Waals surface area contributed by atoms with Crippen molar-refractivity contribution in [1.82, 2.24) is 14.9 Å². The molecule has 1 aliphatic heterocycles. The fraction of sp³-hybridized carbons (Fsp3) is 0.550. The Labute approximate surface area is 187 Å². The minimum atomic E-state index is -0.000934. The average Bonchev–Trinajstić information content (AvgIpc) is 2.76. The van der Waals surface area contributed by atoms with Crippen molar-refractivity contribution in [3.8, 4) is 11.5 Å². The van der Waals surface area contributed by atoms with Gasteiger partial charge in [-0.3, -0.25) is 4.79 Å². The van der Waals surface area contributed by atoms with Crippen molar-refractivity contribution < 1.29 is 14.3 Å². The summed E-state index contributed by atoms with van der Waals surface area (Å²) >= 11 is 5.84. The maximum atomic E-state index is 12.3. The molecule has 1 amide bonds. The van der Waals surface area contributed by atoms with Crippen LogP contribution in [0.4, 0.5) is 11.8 Å². The lowest BCUT2D eigenvalue weighted by Crippen LogP contribution is -2.62. The minimum absolute atomic E-state index is 0. The summed E-state index contributed by atoms with van der Waals surface area (Å²) in [6.45, 7) is 1.27. The summed E-state index contributed by atoms with van der Waals surface area (Å²) < 4.78 is 10.8. The average molecular weight is 456 g/mol. The van der Waals surface area contributed by atoms with E-state index in [-0.39, 0.29) is 36.3 Å². The summed E-state index contributed by atoms with van der Waals surface area (Å²) in [7, 11) is 3.18. The Hall–Kier alpha value is -2.19. The highest BCUT2D eigenvalue weighted by molar-refractivity contribution is 6.27. The molecule has 164 valence electrons. The highest BCUT2D eigenvalue weighted by Crippen LogP contribution is 2.36. The number of amides is 1. The fourth-order valence-corrected chi connectivity index (χ4v) is 4.75. The standard InChI is InChI=1S/C20H26ClN5O3.ClH/c1-28-16-9-12-13(10-17(16)29-2)23-20(24-19(12)22)26-8-7-25(18(27)11-21)14-5-3-4-6-15(14)26;/h9-10,14-15H,3-8,11H2,1-2H3,(H2,22,23,24);1H. The van der Waals surface area contributed by atoms with E-state index in [1.54, 1.807) is 20.3 Å². The number of benzene rings is 1. The number of anilines is 2. The van der Waals surface area contributed by atoms with Crippen molar-refractivity contribution in [2.75, 3.05) is 43.8 Å². The number of methoxy groups -OCH3 is 2. The Kier molecular flexibility index (Phi) is 6.98. The molecule has 8 nitrogen and oxygen atoms in total. The van der Waals surface area contributed by atoms with E-state index in [4.69, 9.17) is 31.8 Å². The van der Waals surface area contributed by atoms with E-state index in [2.05, 4.69) is 9.88 Å². The van der Waals surface area contributed by atoms with Gasteiger partial charge in [0.2, 0.25) is 11.9 Å². The topological polar surface area (TPSA) is 93.8 Å². The van der Waals surface area contributed by atoms with E-state index in [9.17, 15) is 4.79 Å². The number of nitrogen functional groups attached to an aromatic ring is 1. The smallest absolute Gasteiger partial charge is 0.237 e. The van der Waals surface area contributed by atoms with Crippen molar-refractivity contribution >= 4 is 52.6 Å². The molecular formula is C20H27Cl2N5O3. The zero-order valence-electron chi connectivity index (χ0n) is 17.1. The quantitative estimate of drug-likeness (QED) is 0.708. The van der Waals surface area contributed by atoms with E-state index in [1.807, 2.05) is 11.0 Å². The molecule has 0 radical (unpaired) electrons. The number of hydrogen-bond acceptors (Lipinski definition) is 7. The van der Waals surface area contributed by atoms with Gasteiger partial charge in [0.05, 0.1) is 31.8 Å². The third-order valence-electron chi connectivity index (χ3n) is 5.99. The second-order valence-corrected chi connectivity index (χ2v) is 7.73. The zero-order valence-corrected chi connectivity index (χ0v) is 18.7. The van der Waals surface area contributed by atoms with Crippen LogP contribution in [0.3, 0.4) is 0 Å². The fourth-order valence-electron chi connectivity index (χ4n) is 4.60. The van der Waals surface area contributed by atoms with Crippen molar-refractivity contribution in [3.05, 3.63) is 12.1 Å². The molecule has 0 spiro atoms. The Morgan fingerprint density at radius 3 is 2.47 bits per heavy atom. The van der Waals surface area contributed by atoms with Gasteiger partial charge in [-0.2, -0.15) is 4.98 Å². The molecule has 4 rings (SSSR count). The number of nitrogens with two attached hydrogens (primary N) is 1. The molecule has 30 heavy (non-hydrogen) atoms. The number of alkyl halides is 1. The van der Waals surface area contributed by atoms with Crippen LogP contribution in [-0.2, 0) is 4.79 Å². The Bertz CT molecular complexity index is 929. The predicted octanol–water partition coefficient (Wildman–Crippen LogP) is 2.85. The van der Waals surface area contributed by atoms with Gasteiger partial charge < -0.3 is 25.0 Å². The molecule has 2 fully saturated rings. The van der Waals surface area contributed by atoms with Crippen LogP contribution in [0.5, 0.6) is 11.5 Å². The summed E-state index contributed by atoms with van der Waals surface area (Å²) in [5, 5.41) is 0.725. The monoisotopic (exact) mass is 455 g/mol. The first-order chi connectivity index (χ1) is 14.1. The number of piperazine rings is 1. The molecule has 1 saturated carbocycles. The summed E-state index contributed by atoms with van der Waals surface area (Å²) in [5.74, 6) is 2.19. The first kappa shape index (κ1) is 22.5. The molecular weight excluding hydrogens is 429 g/mol. The molecule has 2 aromatic rings. The van der Waals surface area contributed by atoms with Crippen LogP contribution < -0.4 is 20.1 Å².